The molecule has 0 bridgehead atoms. The van der Waals surface area contributed by atoms with Crippen LogP contribution in [0.4, 0.5) is 19.0 Å². The van der Waals surface area contributed by atoms with Gasteiger partial charge in [0, 0.05) is 25.1 Å². The number of hydrogen-bond acceptors (Lipinski definition) is 5. The van der Waals surface area contributed by atoms with E-state index in [0.717, 1.165) is 36.7 Å². The Hall–Kier alpha value is -3.03. The lowest BCUT2D eigenvalue weighted by molar-refractivity contribution is 0.0174. The average molecular weight is 427 g/mol. The molecule has 1 fully saturated rings. The predicted octanol–water partition coefficient (Wildman–Crippen LogP) is 4.78. The summed E-state index contributed by atoms with van der Waals surface area (Å²) in [6.07, 6.45) is 4.19. The average Bonchev–Trinajstić information content (AvgIpc) is 3.58. The highest BCUT2D eigenvalue weighted by atomic mass is 19.3. The Morgan fingerprint density at radius 3 is 2.35 bits per heavy atom. The maximum absolute atomic E-state index is 15.3. The van der Waals surface area contributed by atoms with Crippen LogP contribution in [0.15, 0.2) is 42.7 Å². The lowest BCUT2D eigenvalue weighted by Crippen LogP contribution is -2.28. The van der Waals surface area contributed by atoms with E-state index in [1.54, 1.807) is 12.1 Å². The van der Waals surface area contributed by atoms with Crippen molar-refractivity contribution in [2.24, 2.45) is 0 Å². The van der Waals surface area contributed by atoms with Crippen LogP contribution >= 0.6 is 0 Å². The fourth-order valence-corrected chi connectivity index (χ4v) is 3.44. The Labute approximate surface area is 179 Å². The van der Waals surface area contributed by atoms with Crippen LogP contribution in [0.2, 0.25) is 0 Å². The van der Waals surface area contributed by atoms with Gasteiger partial charge < -0.3 is 4.90 Å². The highest BCUT2D eigenvalue weighted by Gasteiger charge is 2.33. The summed E-state index contributed by atoms with van der Waals surface area (Å²) in [5.41, 5.74) is 2.73. The highest BCUT2D eigenvalue weighted by molar-refractivity contribution is 5.45. The van der Waals surface area contributed by atoms with E-state index < -0.39 is 11.7 Å². The van der Waals surface area contributed by atoms with E-state index in [1.165, 1.54) is 18.5 Å². The molecule has 4 rings (SSSR count). The van der Waals surface area contributed by atoms with Gasteiger partial charge in [-0.3, -0.25) is 0 Å². The van der Waals surface area contributed by atoms with Crippen molar-refractivity contribution in [2.75, 3.05) is 4.90 Å². The standard InChI is InChI=1S/C23H24F3N5/c1-15-3-8-18(30-29-15)9-12-20-21(24)22(28-14-27-20)31(19-10-11-19)13-16-4-6-17(7-5-16)23(2,25)26/h3-8,14,19H,9-13H2,1-2H3. The second-order valence-corrected chi connectivity index (χ2v) is 8.07. The molecule has 0 spiro atoms. The Bertz CT molecular complexity index is 1030. The molecule has 8 heteroatoms. The molecule has 0 N–H and O–H groups in total. The van der Waals surface area contributed by atoms with Gasteiger partial charge in [0.2, 0.25) is 0 Å². The van der Waals surface area contributed by atoms with E-state index in [0.29, 0.717) is 25.1 Å². The normalized spacial score (nSPS) is 14.0. The zero-order chi connectivity index (χ0) is 22.0. The van der Waals surface area contributed by atoms with E-state index in [9.17, 15) is 8.78 Å². The van der Waals surface area contributed by atoms with Gasteiger partial charge in [-0.1, -0.05) is 24.3 Å². The maximum Gasteiger partial charge on any atom is 0.270 e. The van der Waals surface area contributed by atoms with E-state index >= 15 is 4.39 Å². The minimum Gasteiger partial charge on any atom is -0.347 e. The first kappa shape index (κ1) is 21.2. The van der Waals surface area contributed by atoms with E-state index in [2.05, 4.69) is 20.2 Å². The van der Waals surface area contributed by atoms with Gasteiger partial charge >= 0.3 is 0 Å². The summed E-state index contributed by atoms with van der Waals surface area (Å²) < 4.78 is 42.3. The zero-order valence-corrected chi connectivity index (χ0v) is 17.5. The van der Waals surface area contributed by atoms with Gasteiger partial charge in [0.15, 0.2) is 11.6 Å². The molecule has 31 heavy (non-hydrogen) atoms. The number of aryl methyl sites for hydroxylation is 3. The van der Waals surface area contributed by atoms with Crippen LogP contribution in [0.5, 0.6) is 0 Å². The topological polar surface area (TPSA) is 54.8 Å². The molecule has 2 aromatic heterocycles. The van der Waals surface area contributed by atoms with Crippen molar-refractivity contribution in [2.45, 2.75) is 58.0 Å². The molecule has 2 heterocycles. The molecule has 1 aliphatic rings. The van der Waals surface area contributed by atoms with Crippen molar-refractivity contribution in [1.29, 1.82) is 0 Å². The number of alkyl halides is 2. The first-order valence-corrected chi connectivity index (χ1v) is 10.3. The molecule has 5 nitrogen and oxygen atoms in total. The number of anilines is 1. The first-order valence-electron chi connectivity index (χ1n) is 10.3. The number of hydrogen-bond donors (Lipinski definition) is 0. The molecular weight excluding hydrogens is 403 g/mol. The molecule has 3 aromatic rings. The molecule has 0 amide bonds. The van der Waals surface area contributed by atoms with Gasteiger partial charge in [-0.15, -0.1) is 0 Å². The third-order valence-electron chi connectivity index (χ3n) is 5.39. The van der Waals surface area contributed by atoms with Crippen LogP contribution < -0.4 is 4.90 Å². The Balaban J connectivity index is 1.52. The van der Waals surface area contributed by atoms with Gasteiger partial charge in [-0.05, 0) is 50.3 Å². The van der Waals surface area contributed by atoms with Crippen LogP contribution in [0.25, 0.3) is 0 Å². The van der Waals surface area contributed by atoms with Crippen molar-refractivity contribution in [3.05, 3.63) is 76.8 Å². The van der Waals surface area contributed by atoms with Crippen LogP contribution in [-0.4, -0.2) is 26.2 Å². The van der Waals surface area contributed by atoms with E-state index in [4.69, 9.17) is 0 Å². The quantitative estimate of drug-likeness (QED) is 0.518. The van der Waals surface area contributed by atoms with Crippen molar-refractivity contribution in [3.63, 3.8) is 0 Å². The monoisotopic (exact) mass is 427 g/mol. The summed E-state index contributed by atoms with van der Waals surface area (Å²) in [6, 6.07) is 10.1. The molecule has 162 valence electrons. The second-order valence-electron chi connectivity index (χ2n) is 8.07. The Morgan fingerprint density at radius 2 is 1.74 bits per heavy atom. The molecule has 0 aliphatic heterocycles. The smallest absolute Gasteiger partial charge is 0.270 e. The van der Waals surface area contributed by atoms with Crippen LogP contribution in [0.3, 0.4) is 0 Å². The molecule has 0 unspecified atom stereocenters. The van der Waals surface area contributed by atoms with Crippen molar-refractivity contribution < 1.29 is 13.2 Å². The lowest BCUT2D eigenvalue weighted by Gasteiger charge is -2.25. The van der Waals surface area contributed by atoms with Crippen LogP contribution in [0.1, 0.15) is 48.0 Å². The fourth-order valence-electron chi connectivity index (χ4n) is 3.44. The molecule has 1 aromatic carbocycles. The number of nitrogens with zero attached hydrogens (tertiary/aromatic N) is 5. The minimum atomic E-state index is -2.88. The molecular formula is C23H24F3N5. The maximum atomic E-state index is 15.3. The lowest BCUT2D eigenvalue weighted by atomic mass is 10.1. The number of aromatic nitrogens is 4. The van der Waals surface area contributed by atoms with Crippen LogP contribution in [0, 0.1) is 12.7 Å². The zero-order valence-electron chi connectivity index (χ0n) is 17.5. The number of benzene rings is 1. The summed E-state index contributed by atoms with van der Waals surface area (Å²) in [4.78, 5) is 10.3. The third-order valence-corrected chi connectivity index (χ3v) is 5.39. The molecule has 1 aliphatic carbocycles. The van der Waals surface area contributed by atoms with Gasteiger partial charge in [-0.25, -0.2) is 23.1 Å². The summed E-state index contributed by atoms with van der Waals surface area (Å²) in [5, 5.41) is 8.15. The Kier molecular flexibility index (Phi) is 5.89. The second kappa shape index (κ2) is 8.61. The molecule has 0 saturated heterocycles. The van der Waals surface area contributed by atoms with Gasteiger partial charge in [-0.2, -0.15) is 10.2 Å². The van der Waals surface area contributed by atoms with Crippen molar-refractivity contribution >= 4 is 5.82 Å². The largest absolute Gasteiger partial charge is 0.347 e. The molecule has 1 saturated carbocycles. The number of rotatable bonds is 8. The Morgan fingerprint density at radius 1 is 1.00 bits per heavy atom. The van der Waals surface area contributed by atoms with Crippen LogP contribution in [-0.2, 0) is 25.3 Å². The summed E-state index contributed by atoms with van der Waals surface area (Å²) in [6.45, 7) is 3.14. The molecule has 0 radical (unpaired) electrons. The predicted molar refractivity (Wildman–Crippen MR) is 111 cm³/mol. The van der Waals surface area contributed by atoms with E-state index in [-0.39, 0.29) is 17.4 Å². The number of halogens is 3. The van der Waals surface area contributed by atoms with E-state index in [1.807, 2.05) is 24.0 Å². The summed E-state index contributed by atoms with van der Waals surface area (Å²) >= 11 is 0. The van der Waals surface area contributed by atoms with Crippen molar-refractivity contribution in [1.82, 2.24) is 20.2 Å². The van der Waals surface area contributed by atoms with Crippen molar-refractivity contribution in [3.8, 4) is 0 Å². The minimum absolute atomic E-state index is 0.0380. The van der Waals surface area contributed by atoms with Gasteiger partial charge in [0.1, 0.15) is 6.33 Å². The molecule has 0 atom stereocenters. The highest BCUT2D eigenvalue weighted by Crippen LogP contribution is 2.34. The van der Waals surface area contributed by atoms with Gasteiger partial charge in [0.25, 0.3) is 5.92 Å². The summed E-state index contributed by atoms with van der Waals surface area (Å²) in [5.74, 6) is -3.07. The van der Waals surface area contributed by atoms with Gasteiger partial charge in [0.05, 0.1) is 17.1 Å². The SMILES string of the molecule is Cc1ccc(CCc2ncnc(N(Cc3ccc(C(C)(F)F)cc3)C3CC3)c2F)nn1. The first-order chi connectivity index (χ1) is 14.8. The fraction of sp³-hybridized carbons (Fsp3) is 0.391. The third kappa shape index (κ3) is 5.18. The summed E-state index contributed by atoms with van der Waals surface area (Å²) in [7, 11) is 0.